The molecule has 0 aliphatic rings. The quantitative estimate of drug-likeness (QED) is 0.369. The number of amides is 2. The summed E-state index contributed by atoms with van der Waals surface area (Å²) in [6, 6.07) is 7.34. The molecule has 1 aromatic heterocycles. The number of nitrogens with one attached hydrogen (secondary N) is 2. The van der Waals surface area contributed by atoms with Gasteiger partial charge in [0.25, 0.3) is 0 Å². The van der Waals surface area contributed by atoms with Gasteiger partial charge in [0.1, 0.15) is 10.8 Å². The number of nitrogens with zero attached hydrogens (tertiary/aromatic N) is 3. The third-order valence-corrected chi connectivity index (χ3v) is 4.40. The molecular weight excluding hydrogens is 366 g/mol. The predicted molar refractivity (Wildman–Crippen MR) is 105 cm³/mol. The van der Waals surface area contributed by atoms with Gasteiger partial charge in [-0.3, -0.25) is 9.59 Å². The normalized spacial score (nSPS) is 10.7. The Morgan fingerprint density at radius 2 is 2.04 bits per heavy atom. The lowest BCUT2D eigenvalue weighted by Crippen LogP contribution is -2.19. The highest BCUT2D eigenvalue weighted by Crippen LogP contribution is 2.17. The molecule has 0 aliphatic heterocycles. The van der Waals surface area contributed by atoms with Crippen LogP contribution in [0.15, 0.2) is 29.4 Å². The van der Waals surface area contributed by atoms with Gasteiger partial charge in [-0.2, -0.15) is 5.10 Å². The number of methoxy groups -OCH3 is 1. The van der Waals surface area contributed by atoms with Crippen LogP contribution in [0.1, 0.15) is 43.2 Å². The van der Waals surface area contributed by atoms with Crippen LogP contribution in [0.3, 0.4) is 0 Å². The molecule has 2 N–H and O–H groups in total. The summed E-state index contributed by atoms with van der Waals surface area (Å²) in [6.07, 6.45) is 4.93. The molecule has 0 unspecified atom stereocenters. The number of hydrogen-bond donors (Lipinski definition) is 2. The van der Waals surface area contributed by atoms with Crippen LogP contribution in [0, 0.1) is 0 Å². The van der Waals surface area contributed by atoms with E-state index in [1.807, 2.05) is 24.3 Å². The van der Waals surface area contributed by atoms with Gasteiger partial charge in [0.2, 0.25) is 16.9 Å². The van der Waals surface area contributed by atoms with Gasteiger partial charge in [0, 0.05) is 12.0 Å². The van der Waals surface area contributed by atoms with Crippen molar-refractivity contribution in [2.75, 3.05) is 12.4 Å². The fourth-order valence-corrected chi connectivity index (χ4v) is 2.97. The van der Waals surface area contributed by atoms with E-state index < -0.39 is 0 Å². The van der Waals surface area contributed by atoms with Crippen molar-refractivity contribution in [3.05, 3.63) is 34.8 Å². The molecule has 0 spiro atoms. The van der Waals surface area contributed by atoms with Gasteiger partial charge in [-0.15, -0.1) is 10.2 Å². The predicted octanol–water partition coefficient (Wildman–Crippen LogP) is 2.76. The van der Waals surface area contributed by atoms with Crippen LogP contribution in [0.2, 0.25) is 0 Å². The summed E-state index contributed by atoms with van der Waals surface area (Å²) in [5.41, 5.74) is 3.20. The maximum Gasteiger partial charge on any atom is 0.247 e. The highest BCUT2D eigenvalue weighted by Gasteiger charge is 2.11. The number of hydrogen-bond acceptors (Lipinski definition) is 7. The lowest BCUT2D eigenvalue weighted by Gasteiger charge is -2.02. The second-order valence-corrected chi connectivity index (χ2v) is 6.78. The number of benzene rings is 1. The van der Waals surface area contributed by atoms with E-state index in [0.29, 0.717) is 22.3 Å². The molecule has 0 aliphatic carbocycles. The minimum absolute atomic E-state index is 0.0344. The SMILES string of the molecule is CCCCCC(=O)Nc1nnc(CC(=O)N/N=C\c2ccccc2OC)s1. The molecule has 144 valence electrons. The molecule has 2 amide bonds. The number of carbonyl (C=O) groups excluding carboxylic acids is 2. The summed E-state index contributed by atoms with van der Waals surface area (Å²) in [5.74, 6) is 0.258. The molecule has 9 heteroatoms. The van der Waals surface area contributed by atoms with Gasteiger partial charge in [0.05, 0.1) is 19.7 Å². The minimum atomic E-state index is -0.321. The number of hydrazone groups is 1. The monoisotopic (exact) mass is 389 g/mol. The van der Waals surface area contributed by atoms with E-state index in [0.717, 1.165) is 24.8 Å². The summed E-state index contributed by atoms with van der Waals surface area (Å²) in [5, 5.41) is 15.3. The Kier molecular flexibility index (Phi) is 8.37. The van der Waals surface area contributed by atoms with E-state index in [-0.39, 0.29) is 18.2 Å². The van der Waals surface area contributed by atoms with Crippen molar-refractivity contribution in [1.29, 1.82) is 0 Å². The molecule has 0 bridgehead atoms. The average molecular weight is 389 g/mol. The van der Waals surface area contributed by atoms with Gasteiger partial charge in [-0.05, 0) is 18.6 Å². The molecule has 0 atom stereocenters. The van der Waals surface area contributed by atoms with Crippen LogP contribution in [-0.2, 0) is 16.0 Å². The summed E-state index contributed by atoms with van der Waals surface area (Å²) < 4.78 is 5.21. The van der Waals surface area contributed by atoms with Crippen molar-refractivity contribution in [2.24, 2.45) is 5.10 Å². The van der Waals surface area contributed by atoms with E-state index >= 15 is 0 Å². The fourth-order valence-electron chi connectivity index (χ4n) is 2.22. The van der Waals surface area contributed by atoms with Crippen molar-refractivity contribution in [1.82, 2.24) is 15.6 Å². The van der Waals surface area contributed by atoms with Crippen molar-refractivity contribution in [2.45, 2.75) is 39.0 Å². The Bertz CT molecular complexity index is 791. The molecular formula is C18H23N5O3S. The summed E-state index contributed by atoms with van der Waals surface area (Å²) in [6.45, 7) is 2.08. The largest absolute Gasteiger partial charge is 0.496 e. The minimum Gasteiger partial charge on any atom is -0.496 e. The molecule has 0 saturated heterocycles. The lowest BCUT2D eigenvalue weighted by molar-refractivity contribution is -0.120. The van der Waals surface area contributed by atoms with Gasteiger partial charge in [-0.25, -0.2) is 5.43 Å². The van der Waals surface area contributed by atoms with Crippen molar-refractivity contribution < 1.29 is 14.3 Å². The van der Waals surface area contributed by atoms with Gasteiger partial charge < -0.3 is 10.1 Å². The lowest BCUT2D eigenvalue weighted by atomic mass is 10.2. The average Bonchev–Trinajstić information content (AvgIpc) is 3.09. The van der Waals surface area contributed by atoms with Crippen LogP contribution in [0.25, 0.3) is 0 Å². The Hall–Kier alpha value is -2.81. The highest BCUT2D eigenvalue weighted by atomic mass is 32.1. The first-order chi connectivity index (χ1) is 13.1. The topological polar surface area (TPSA) is 106 Å². The van der Waals surface area contributed by atoms with Crippen LogP contribution in [0.5, 0.6) is 5.75 Å². The molecule has 0 saturated carbocycles. The Balaban J connectivity index is 1.80. The first-order valence-electron chi connectivity index (χ1n) is 8.69. The number of rotatable bonds is 10. The summed E-state index contributed by atoms with van der Waals surface area (Å²) in [4.78, 5) is 23.7. The molecule has 2 aromatic rings. The second-order valence-electron chi connectivity index (χ2n) is 5.72. The number of unbranched alkanes of at least 4 members (excludes halogenated alkanes) is 2. The number of ether oxygens (including phenoxy) is 1. The van der Waals surface area contributed by atoms with Gasteiger partial charge in [-0.1, -0.05) is 43.2 Å². The molecule has 8 nitrogen and oxygen atoms in total. The number of anilines is 1. The van der Waals surface area contributed by atoms with E-state index in [2.05, 4.69) is 33.0 Å². The zero-order valence-corrected chi connectivity index (χ0v) is 16.2. The van der Waals surface area contributed by atoms with Crippen molar-refractivity contribution >= 4 is 34.5 Å². The number of aromatic nitrogens is 2. The Morgan fingerprint density at radius 3 is 2.81 bits per heavy atom. The highest BCUT2D eigenvalue weighted by molar-refractivity contribution is 7.15. The third kappa shape index (κ3) is 7.14. The molecule has 1 aromatic carbocycles. The molecule has 0 fully saturated rings. The van der Waals surface area contributed by atoms with E-state index in [1.165, 1.54) is 17.6 Å². The maximum absolute atomic E-state index is 12.0. The van der Waals surface area contributed by atoms with E-state index in [9.17, 15) is 9.59 Å². The molecule has 0 radical (unpaired) electrons. The van der Waals surface area contributed by atoms with E-state index in [4.69, 9.17) is 4.74 Å². The molecule has 1 heterocycles. The number of para-hydroxylation sites is 1. The van der Waals surface area contributed by atoms with E-state index in [1.54, 1.807) is 7.11 Å². The van der Waals surface area contributed by atoms with Crippen molar-refractivity contribution in [3.8, 4) is 5.75 Å². The summed E-state index contributed by atoms with van der Waals surface area (Å²) in [7, 11) is 1.57. The van der Waals surface area contributed by atoms with Crippen LogP contribution in [0.4, 0.5) is 5.13 Å². The van der Waals surface area contributed by atoms with Crippen LogP contribution in [-0.4, -0.2) is 35.3 Å². The zero-order chi connectivity index (χ0) is 19.5. The van der Waals surface area contributed by atoms with Gasteiger partial charge in [0.15, 0.2) is 0 Å². The zero-order valence-electron chi connectivity index (χ0n) is 15.4. The smallest absolute Gasteiger partial charge is 0.247 e. The standard InChI is InChI=1S/C18H23N5O3S/c1-3-4-5-10-15(24)20-18-23-22-17(27-18)11-16(25)21-19-12-13-8-6-7-9-14(13)26-2/h6-9,12H,3-5,10-11H2,1-2H3,(H,21,25)(H,20,23,24)/b19-12-. The Morgan fingerprint density at radius 1 is 1.22 bits per heavy atom. The fraction of sp³-hybridized carbons (Fsp3) is 0.389. The maximum atomic E-state index is 12.0. The van der Waals surface area contributed by atoms with Gasteiger partial charge >= 0.3 is 0 Å². The second kappa shape index (κ2) is 11.0. The van der Waals surface area contributed by atoms with Crippen molar-refractivity contribution in [3.63, 3.8) is 0 Å². The first-order valence-corrected chi connectivity index (χ1v) is 9.51. The molecule has 2 rings (SSSR count). The number of carbonyl (C=O) groups is 2. The summed E-state index contributed by atoms with van der Waals surface area (Å²) >= 11 is 1.18. The molecule has 27 heavy (non-hydrogen) atoms. The van der Waals surface area contributed by atoms with Crippen LogP contribution < -0.4 is 15.5 Å². The van der Waals surface area contributed by atoms with Crippen LogP contribution >= 0.6 is 11.3 Å². The first kappa shape index (κ1) is 20.5. The Labute approximate surface area is 162 Å². The third-order valence-electron chi connectivity index (χ3n) is 3.56.